The van der Waals surface area contributed by atoms with Gasteiger partial charge in [-0.2, -0.15) is 0 Å². The van der Waals surface area contributed by atoms with E-state index in [-0.39, 0.29) is 11.7 Å². The molecule has 7 rings (SSSR count). The molecule has 2 aromatic heterocycles. The molecule has 8 N–H and O–H groups in total. The SMILES string of the molecule is N=C(N)c1ccc2nc(-c3ccc(OCc4cccc(COc5ccc(-c6nc7ccc(C(=N)N)cc7[nH]6)cc5)c4)cc3)[nH]c2c1. The summed E-state index contributed by atoms with van der Waals surface area (Å²) in [6.07, 6.45) is 0. The van der Waals surface area contributed by atoms with Crippen LogP contribution in [0.3, 0.4) is 0 Å². The van der Waals surface area contributed by atoms with Crippen LogP contribution in [0.1, 0.15) is 22.3 Å². The fourth-order valence-corrected chi connectivity index (χ4v) is 5.19. The number of fused-ring (bicyclic) bond motifs is 2. The molecule has 0 radical (unpaired) electrons. The van der Waals surface area contributed by atoms with Crippen molar-refractivity contribution in [3.63, 3.8) is 0 Å². The molecular formula is C36H30N8O2. The van der Waals surface area contributed by atoms with Crippen LogP contribution in [0.4, 0.5) is 0 Å². The van der Waals surface area contributed by atoms with Crippen LogP contribution in [0.5, 0.6) is 11.5 Å². The molecule has 0 unspecified atom stereocenters. The molecule has 0 amide bonds. The quantitative estimate of drug-likeness (QED) is 0.0765. The topological polar surface area (TPSA) is 176 Å². The predicted octanol–water partition coefficient (Wildman–Crippen LogP) is 6.50. The smallest absolute Gasteiger partial charge is 0.138 e. The second kappa shape index (κ2) is 11.9. The Morgan fingerprint density at radius 2 is 1.00 bits per heavy atom. The van der Waals surface area contributed by atoms with E-state index in [4.69, 9.17) is 31.8 Å². The summed E-state index contributed by atoms with van der Waals surface area (Å²) in [6, 6.07) is 34.7. The maximum atomic E-state index is 7.65. The number of rotatable bonds is 10. The van der Waals surface area contributed by atoms with Crippen LogP contribution in [0, 0.1) is 10.8 Å². The van der Waals surface area contributed by atoms with Gasteiger partial charge in [-0.25, -0.2) is 9.97 Å². The van der Waals surface area contributed by atoms with Gasteiger partial charge in [0.05, 0.1) is 22.1 Å². The lowest BCUT2D eigenvalue weighted by Crippen LogP contribution is -2.10. The Hall–Kier alpha value is -6.42. The minimum absolute atomic E-state index is 0.0238. The average Bonchev–Trinajstić information content (AvgIpc) is 3.71. The van der Waals surface area contributed by atoms with E-state index < -0.39 is 0 Å². The lowest BCUT2D eigenvalue weighted by atomic mass is 10.1. The molecule has 10 heteroatoms. The number of aromatic nitrogens is 4. The van der Waals surface area contributed by atoms with Crippen molar-refractivity contribution in [1.29, 1.82) is 10.8 Å². The number of hydrogen-bond donors (Lipinski definition) is 6. The predicted molar refractivity (Wildman–Crippen MR) is 180 cm³/mol. The first kappa shape index (κ1) is 28.4. The van der Waals surface area contributed by atoms with Gasteiger partial charge in [-0.3, -0.25) is 10.8 Å². The molecule has 0 spiro atoms. The van der Waals surface area contributed by atoms with E-state index in [0.717, 1.165) is 67.5 Å². The van der Waals surface area contributed by atoms with Crippen molar-refractivity contribution in [2.24, 2.45) is 11.5 Å². The standard InChI is InChI=1S/C36H30N8O2/c37-33(38)25-8-14-29-31(17-25)43-35(41-29)23-4-10-27(11-5-23)45-19-21-2-1-3-22(16-21)20-46-28-12-6-24(7-13-28)36-42-30-15-9-26(34(39)40)18-32(30)44-36/h1-18H,19-20H2,(H3,37,38)(H3,39,40)(H,41,43)(H,42,44). The Morgan fingerprint density at radius 1 is 0.565 bits per heavy atom. The highest BCUT2D eigenvalue weighted by Crippen LogP contribution is 2.26. The molecule has 226 valence electrons. The Bertz CT molecular complexity index is 2060. The van der Waals surface area contributed by atoms with Gasteiger partial charge in [0.2, 0.25) is 0 Å². The summed E-state index contributed by atoms with van der Waals surface area (Å²) in [5.74, 6) is 3.03. The van der Waals surface area contributed by atoms with E-state index in [1.165, 1.54) is 0 Å². The molecule has 0 fully saturated rings. The summed E-state index contributed by atoms with van der Waals surface area (Å²) in [6.45, 7) is 0.845. The number of nitrogen functional groups attached to an aromatic ring is 2. The Kier molecular flexibility index (Phi) is 7.35. The Balaban J connectivity index is 0.947. The van der Waals surface area contributed by atoms with Crippen molar-refractivity contribution in [1.82, 2.24) is 19.9 Å². The molecule has 5 aromatic carbocycles. The summed E-state index contributed by atoms with van der Waals surface area (Å²) in [5.41, 5.74) is 19.8. The number of nitrogens with zero attached hydrogens (tertiary/aromatic N) is 2. The van der Waals surface area contributed by atoms with Gasteiger partial charge in [0.1, 0.15) is 48.0 Å². The van der Waals surface area contributed by atoms with Gasteiger partial charge in [0.25, 0.3) is 0 Å². The van der Waals surface area contributed by atoms with Crippen LogP contribution >= 0.6 is 0 Å². The molecule has 0 saturated heterocycles. The van der Waals surface area contributed by atoms with Gasteiger partial charge in [0, 0.05) is 22.3 Å². The maximum Gasteiger partial charge on any atom is 0.138 e. The number of amidine groups is 2. The highest BCUT2D eigenvalue weighted by molar-refractivity contribution is 5.99. The molecule has 7 aromatic rings. The van der Waals surface area contributed by atoms with Crippen LogP contribution in [-0.2, 0) is 13.2 Å². The summed E-state index contributed by atoms with van der Waals surface area (Å²) in [5, 5.41) is 15.3. The lowest BCUT2D eigenvalue weighted by molar-refractivity contribution is 0.300. The van der Waals surface area contributed by atoms with Crippen molar-refractivity contribution in [3.8, 4) is 34.3 Å². The number of ether oxygens (including phenoxy) is 2. The molecule has 0 atom stereocenters. The highest BCUT2D eigenvalue weighted by Gasteiger charge is 2.10. The fraction of sp³-hybridized carbons (Fsp3) is 0.0556. The van der Waals surface area contributed by atoms with Gasteiger partial charge in [-0.15, -0.1) is 0 Å². The largest absolute Gasteiger partial charge is 0.489 e. The van der Waals surface area contributed by atoms with Crippen LogP contribution in [0.2, 0.25) is 0 Å². The average molecular weight is 607 g/mol. The molecule has 10 nitrogen and oxygen atoms in total. The normalized spacial score (nSPS) is 11.1. The summed E-state index contributed by atoms with van der Waals surface area (Å²) in [7, 11) is 0. The van der Waals surface area contributed by atoms with Gasteiger partial charge in [-0.05, 0) is 102 Å². The molecule has 0 aliphatic heterocycles. The summed E-state index contributed by atoms with van der Waals surface area (Å²) >= 11 is 0. The third-order valence-electron chi connectivity index (χ3n) is 7.64. The zero-order chi connectivity index (χ0) is 31.6. The molecule has 0 saturated carbocycles. The maximum absolute atomic E-state index is 7.65. The van der Waals surface area contributed by atoms with Gasteiger partial charge >= 0.3 is 0 Å². The lowest BCUT2D eigenvalue weighted by Gasteiger charge is -2.10. The third-order valence-corrected chi connectivity index (χ3v) is 7.64. The second-order valence-corrected chi connectivity index (χ2v) is 10.9. The number of imidazole rings is 2. The van der Waals surface area contributed by atoms with E-state index in [1.54, 1.807) is 12.1 Å². The Morgan fingerprint density at radius 3 is 1.41 bits per heavy atom. The van der Waals surface area contributed by atoms with Gasteiger partial charge < -0.3 is 30.9 Å². The molecule has 2 heterocycles. The van der Waals surface area contributed by atoms with Crippen molar-refractivity contribution < 1.29 is 9.47 Å². The first-order valence-corrected chi connectivity index (χ1v) is 14.6. The molecule has 0 aliphatic rings. The van der Waals surface area contributed by atoms with Crippen molar-refractivity contribution in [3.05, 3.63) is 131 Å². The Labute approximate surface area is 264 Å². The summed E-state index contributed by atoms with van der Waals surface area (Å²) < 4.78 is 12.1. The number of nitrogens with two attached hydrogens (primary N) is 2. The van der Waals surface area contributed by atoms with Crippen molar-refractivity contribution in [2.45, 2.75) is 13.2 Å². The summed E-state index contributed by atoms with van der Waals surface area (Å²) in [4.78, 5) is 15.9. The first-order valence-electron chi connectivity index (χ1n) is 14.6. The van der Waals surface area contributed by atoms with Crippen LogP contribution in [0.25, 0.3) is 44.8 Å². The van der Waals surface area contributed by atoms with Crippen LogP contribution < -0.4 is 20.9 Å². The van der Waals surface area contributed by atoms with Crippen LogP contribution in [0.15, 0.2) is 109 Å². The van der Waals surface area contributed by atoms with E-state index in [1.807, 2.05) is 91.0 Å². The number of aromatic amines is 2. The van der Waals surface area contributed by atoms with Crippen molar-refractivity contribution in [2.75, 3.05) is 0 Å². The van der Waals surface area contributed by atoms with Gasteiger partial charge in [0.15, 0.2) is 0 Å². The van der Waals surface area contributed by atoms with E-state index >= 15 is 0 Å². The zero-order valence-electron chi connectivity index (χ0n) is 24.7. The van der Waals surface area contributed by atoms with Gasteiger partial charge in [-0.1, -0.05) is 18.2 Å². The molecule has 0 aliphatic carbocycles. The number of benzene rings is 5. The van der Waals surface area contributed by atoms with E-state index in [9.17, 15) is 0 Å². The van der Waals surface area contributed by atoms with E-state index in [0.29, 0.717) is 24.3 Å². The zero-order valence-corrected chi connectivity index (χ0v) is 24.7. The monoisotopic (exact) mass is 606 g/mol. The first-order chi connectivity index (χ1) is 22.4. The highest BCUT2D eigenvalue weighted by atomic mass is 16.5. The van der Waals surface area contributed by atoms with E-state index in [2.05, 4.69) is 26.0 Å². The number of H-pyrrole nitrogens is 2. The van der Waals surface area contributed by atoms with Crippen LogP contribution in [-0.4, -0.2) is 31.6 Å². The minimum atomic E-state index is 0.0238. The van der Waals surface area contributed by atoms with Crippen molar-refractivity contribution >= 4 is 33.7 Å². The fourth-order valence-electron chi connectivity index (χ4n) is 5.19. The minimum Gasteiger partial charge on any atom is -0.489 e. The third kappa shape index (κ3) is 6.00. The number of hydrogen-bond acceptors (Lipinski definition) is 6. The number of nitrogens with one attached hydrogen (secondary N) is 4. The molecular weight excluding hydrogens is 576 g/mol. The molecule has 0 bridgehead atoms. The molecule has 46 heavy (non-hydrogen) atoms. The second-order valence-electron chi connectivity index (χ2n) is 10.9.